The highest BCUT2D eigenvalue weighted by molar-refractivity contribution is 5.83. The van der Waals surface area contributed by atoms with E-state index in [9.17, 15) is 0 Å². The van der Waals surface area contributed by atoms with Gasteiger partial charge in [-0.15, -0.1) is 0 Å². The van der Waals surface area contributed by atoms with E-state index in [1.54, 1.807) is 0 Å². The molecule has 0 unspecified atom stereocenters. The number of nitrogens with one attached hydrogen (secondary N) is 2. The number of rotatable bonds is 2. The number of hydrogen-bond acceptors (Lipinski definition) is 4. The highest BCUT2D eigenvalue weighted by Gasteiger charge is 2.38. The molecule has 1 aliphatic heterocycles. The van der Waals surface area contributed by atoms with Crippen LogP contribution in [0.3, 0.4) is 0 Å². The smallest absolute Gasteiger partial charge is 0.206 e. The van der Waals surface area contributed by atoms with Crippen LogP contribution in [0.5, 0.6) is 0 Å². The van der Waals surface area contributed by atoms with Crippen molar-refractivity contribution in [3.05, 3.63) is 71.8 Å². The summed E-state index contributed by atoms with van der Waals surface area (Å²) in [6, 6.07) is 20.6. The molecule has 2 aromatic carbocycles. The Morgan fingerprint density at radius 3 is 1.89 bits per heavy atom. The first kappa shape index (κ1) is 11.7. The van der Waals surface area contributed by atoms with E-state index < -0.39 is 0 Å². The van der Waals surface area contributed by atoms with Gasteiger partial charge in [-0.1, -0.05) is 60.7 Å². The molecule has 19 heavy (non-hydrogen) atoms. The fraction of sp³-hybridized carbons (Fsp3) is 0.133. The summed E-state index contributed by atoms with van der Waals surface area (Å²) in [7, 11) is 0. The van der Waals surface area contributed by atoms with Crippen LogP contribution >= 0.6 is 0 Å². The third kappa shape index (κ3) is 1.96. The van der Waals surface area contributed by atoms with Crippen molar-refractivity contribution in [2.75, 3.05) is 6.54 Å². The molecule has 0 radical (unpaired) electrons. The molecule has 96 valence electrons. The van der Waals surface area contributed by atoms with E-state index in [1.807, 2.05) is 36.4 Å². The Balaban J connectivity index is 2.08. The SMILES string of the molecule is NNC1=NCC(c2ccccc2)(c2ccccc2)N1. The first-order chi connectivity index (χ1) is 9.35. The van der Waals surface area contributed by atoms with Gasteiger partial charge in [-0.05, 0) is 11.1 Å². The topological polar surface area (TPSA) is 62.4 Å². The molecule has 0 atom stereocenters. The Kier molecular flexibility index (Phi) is 2.93. The molecule has 1 heterocycles. The standard InChI is InChI=1S/C15H16N4/c16-19-14-17-11-15(18-14,12-7-3-1-4-8-12)13-9-5-2-6-10-13/h1-10H,11,16H2,(H2,17,18,19). The summed E-state index contributed by atoms with van der Waals surface area (Å²) in [5, 5.41) is 3.40. The number of hydrogen-bond donors (Lipinski definition) is 3. The maximum Gasteiger partial charge on any atom is 0.206 e. The normalized spacial score (nSPS) is 16.6. The van der Waals surface area contributed by atoms with Crippen molar-refractivity contribution < 1.29 is 0 Å². The summed E-state index contributed by atoms with van der Waals surface area (Å²) in [5.41, 5.74) is 4.61. The lowest BCUT2D eigenvalue weighted by Crippen LogP contribution is -2.49. The molecule has 0 saturated heterocycles. The Hall–Kier alpha value is -2.33. The zero-order chi connectivity index (χ0) is 13.1. The van der Waals surface area contributed by atoms with Crippen LogP contribution in [0.4, 0.5) is 0 Å². The molecule has 0 amide bonds. The van der Waals surface area contributed by atoms with E-state index in [-0.39, 0.29) is 5.54 Å². The summed E-state index contributed by atoms with van der Waals surface area (Å²) in [6.07, 6.45) is 0. The van der Waals surface area contributed by atoms with Crippen LogP contribution in [-0.4, -0.2) is 12.5 Å². The molecule has 1 aliphatic rings. The molecule has 0 aliphatic carbocycles. The molecule has 4 nitrogen and oxygen atoms in total. The predicted molar refractivity (Wildman–Crippen MR) is 76.4 cm³/mol. The monoisotopic (exact) mass is 252 g/mol. The molecule has 0 spiro atoms. The maximum absolute atomic E-state index is 5.47. The van der Waals surface area contributed by atoms with Gasteiger partial charge in [0.05, 0.1) is 6.54 Å². The van der Waals surface area contributed by atoms with Crippen LogP contribution in [0, 0.1) is 0 Å². The van der Waals surface area contributed by atoms with Crippen molar-refractivity contribution in [2.24, 2.45) is 10.8 Å². The number of aliphatic imine (C=N–C) groups is 1. The largest absolute Gasteiger partial charge is 0.340 e. The Bertz CT molecular complexity index is 538. The van der Waals surface area contributed by atoms with Crippen molar-refractivity contribution >= 4 is 5.96 Å². The van der Waals surface area contributed by atoms with Gasteiger partial charge in [0.2, 0.25) is 5.96 Å². The van der Waals surface area contributed by atoms with E-state index in [4.69, 9.17) is 5.84 Å². The summed E-state index contributed by atoms with van der Waals surface area (Å²) in [4.78, 5) is 4.43. The van der Waals surface area contributed by atoms with Crippen molar-refractivity contribution in [3.8, 4) is 0 Å². The second kappa shape index (κ2) is 4.74. The van der Waals surface area contributed by atoms with Crippen LogP contribution < -0.4 is 16.6 Å². The highest BCUT2D eigenvalue weighted by atomic mass is 15.4. The lowest BCUT2D eigenvalue weighted by atomic mass is 9.83. The molecule has 0 saturated carbocycles. The third-order valence-corrected chi connectivity index (χ3v) is 3.48. The minimum absolute atomic E-state index is 0.343. The zero-order valence-corrected chi connectivity index (χ0v) is 10.5. The molecule has 0 aromatic heterocycles. The van der Waals surface area contributed by atoms with Crippen LogP contribution in [0.1, 0.15) is 11.1 Å². The third-order valence-electron chi connectivity index (χ3n) is 3.48. The van der Waals surface area contributed by atoms with Gasteiger partial charge in [-0.3, -0.25) is 5.43 Å². The molecular weight excluding hydrogens is 236 g/mol. The molecule has 2 aromatic rings. The quantitative estimate of drug-likeness (QED) is 0.558. The molecule has 0 bridgehead atoms. The summed E-state index contributed by atoms with van der Waals surface area (Å²) >= 11 is 0. The lowest BCUT2D eigenvalue weighted by Gasteiger charge is -2.30. The fourth-order valence-electron chi connectivity index (χ4n) is 2.50. The van der Waals surface area contributed by atoms with Crippen molar-refractivity contribution in [1.29, 1.82) is 0 Å². The van der Waals surface area contributed by atoms with Crippen molar-refractivity contribution in [1.82, 2.24) is 10.7 Å². The van der Waals surface area contributed by atoms with E-state index in [0.717, 1.165) is 0 Å². The number of benzene rings is 2. The lowest BCUT2D eigenvalue weighted by molar-refractivity contribution is 0.520. The van der Waals surface area contributed by atoms with E-state index in [2.05, 4.69) is 40.0 Å². The Morgan fingerprint density at radius 2 is 1.47 bits per heavy atom. The fourth-order valence-corrected chi connectivity index (χ4v) is 2.50. The van der Waals surface area contributed by atoms with Crippen LogP contribution in [0.25, 0.3) is 0 Å². The minimum atomic E-state index is -0.343. The Labute approximate surface area is 112 Å². The van der Waals surface area contributed by atoms with Gasteiger partial charge >= 0.3 is 0 Å². The van der Waals surface area contributed by atoms with Gasteiger partial charge in [0.15, 0.2) is 0 Å². The highest BCUT2D eigenvalue weighted by Crippen LogP contribution is 2.32. The van der Waals surface area contributed by atoms with Crippen LogP contribution in [0.2, 0.25) is 0 Å². The second-order valence-corrected chi connectivity index (χ2v) is 4.57. The second-order valence-electron chi connectivity index (χ2n) is 4.57. The minimum Gasteiger partial charge on any atom is -0.340 e. The van der Waals surface area contributed by atoms with Gasteiger partial charge in [0.1, 0.15) is 5.54 Å². The summed E-state index contributed by atoms with van der Waals surface area (Å²) in [6.45, 7) is 0.626. The summed E-state index contributed by atoms with van der Waals surface area (Å²) in [5.74, 6) is 6.09. The molecule has 4 heteroatoms. The van der Waals surface area contributed by atoms with Gasteiger partial charge in [0.25, 0.3) is 0 Å². The number of guanidine groups is 1. The van der Waals surface area contributed by atoms with E-state index in [0.29, 0.717) is 12.5 Å². The first-order valence-corrected chi connectivity index (χ1v) is 6.25. The van der Waals surface area contributed by atoms with Gasteiger partial charge in [0, 0.05) is 0 Å². The van der Waals surface area contributed by atoms with Crippen LogP contribution in [-0.2, 0) is 5.54 Å². The molecule has 4 N–H and O–H groups in total. The molecular formula is C15H16N4. The maximum atomic E-state index is 5.47. The Morgan fingerprint density at radius 1 is 0.947 bits per heavy atom. The predicted octanol–water partition coefficient (Wildman–Crippen LogP) is 1.35. The molecule has 0 fully saturated rings. The van der Waals surface area contributed by atoms with Gasteiger partial charge in [-0.25, -0.2) is 10.8 Å². The van der Waals surface area contributed by atoms with E-state index in [1.165, 1.54) is 11.1 Å². The van der Waals surface area contributed by atoms with Gasteiger partial charge in [-0.2, -0.15) is 0 Å². The average Bonchev–Trinajstić information content (AvgIpc) is 2.95. The van der Waals surface area contributed by atoms with Crippen molar-refractivity contribution in [2.45, 2.75) is 5.54 Å². The number of nitrogens with two attached hydrogens (primary N) is 1. The van der Waals surface area contributed by atoms with Crippen LogP contribution in [0.15, 0.2) is 65.7 Å². The van der Waals surface area contributed by atoms with Gasteiger partial charge < -0.3 is 5.32 Å². The van der Waals surface area contributed by atoms with Crippen molar-refractivity contribution in [3.63, 3.8) is 0 Å². The number of hydrazine groups is 1. The van der Waals surface area contributed by atoms with E-state index >= 15 is 0 Å². The first-order valence-electron chi connectivity index (χ1n) is 6.25. The average molecular weight is 252 g/mol. The zero-order valence-electron chi connectivity index (χ0n) is 10.5. The molecule has 3 rings (SSSR count). The summed E-state index contributed by atoms with van der Waals surface area (Å²) < 4.78 is 0. The number of nitrogens with zero attached hydrogens (tertiary/aromatic N) is 1.